The molecule has 0 bridgehead atoms. The third-order valence-corrected chi connectivity index (χ3v) is 1.23. The predicted molar refractivity (Wildman–Crippen MR) is 35.3 cm³/mol. The summed E-state index contributed by atoms with van der Waals surface area (Å²) in [6.07, 6.45) is 0.239. The predicted octanol–water partition coefficient (Wildman–Crippen LogP) is 0.852. The van der Waals surface area contributed by atoms with Gasteiger partial charge in [-0.2, -0.15) is 0 Å². The highest BCUT2D eigenvalue weighted by atomic mass is 16.6. The lowest BCUT2D eigenvalue weighted by molar-refractivity contribution is -0.145. The van der Waals surface area contributed by atoms with E-state index in [4.69, 9.17) is 4.74 Å². The Labute approximate surface area is 59.6 Å². The van der Waals surface area contributed by atoms with Gasteiger partial charge in [0.05, 0.1) is 12.4 Å². The normalized spacial score (nSPS) is 24.1. The van der Waals surface area contributed by atoms with Gasteiger partial charge in [0.2, 0.25) is 0 Å². The van der Waals surface area contributed by atoms with Crippen LogP contribution in [0, 0.1) is 0 Å². The molecular formula is C7H10O3. The van der Waals surface area contributed by atoms with Crippen LogP contribution in [0.2, 0.25) is 0 Å². The molecule has 3 heteroatoms. The topological polar surface area (TPSA) is 35.5 Å². The van der Waals surface area contributed by atoms with Gasteiger partial charge in [0.15, 0.2) is 6.10 Å². The van der Waals surface area contributed by atoms with Crippen LogP contribution in [0.1, 0.15) is 13.3 Å². The highest BCUT2D eigenvalue weighted by Crippen LogP contribution is 2.12. The Morgan fingerprint density at radius 1 is 1.90 bits per heavy atom. The van der Waals surface area contributed by atoms with Crippen LogP contribution in [0.15, 0.2) is 12.3 Å². The highest BCUT2D eigenvalue weighted by Gasteiger charge is 2.27. The first kappa shape index (κ1) is 7.12. The van der Waals surface area contributed by atoms with Crippen molar-refractivity contribution in [1.82, 2.24) is 0 Å². The number of cyclic esters (lactones) is 1. The zero-order chi connectivity index (χ0) is 7.56. The van der Waals surface area contributed by atoms with Crippen LogP contribution in [0.3, 0.4) is 0 Å². The molecule has 0 radical (unpaired) electrons. The summed E-state index contributed by atoms with van der Waals surface area (Å²) in [6.45, 7) is 5.71. The monoisotopic (exact) mass is 142 g/mol. The van der Waals surface area contributed by atoms with Crippen molar-refractivity contribution in [3.8, 4) is 0 Å². The molecule has 0 aromatic heterocycles. The zero-order valence-corrected chi connectivity index (χ0v) is 5.92. The number of allylic oxidation sites excluding steroid dienone is 1. The second-order valence-electron chi connectivity index (χ2n) is 2.26. The van der Waals surface area contributed by atoms with Gasteiger partial charge in [-0.3, -0.25) is 0 Å². The van der Waals surface area contributed by atoms with Gasteiger partial charge in [0, 0.05) is 6.42 Å². The van der Waals surface area contributed by atoms with Crippen molar-refractivity contribution in [3.05, 3.63) is 12.3 Å². The first-order chi connectivity index (χ1) is 4.70. The SMILES string of the molecule is C=C(C)OC1CCOC1=O. The molecule has 10 heavy (non-hydrogen) atoms. The molecule has 1 saturated heterocycles. The third kappa shape index (κ3) is 1.50. The first-order valence-corrected chi connectivity index (χ1v) is 3.19. The number of hydrogen-bond acceptors (Lipinski definition) is 3. The van der Waals surface area contributed by atoms with Crippen molar-refractivity contribution in [2.75, 3.05) is 6.61 Å². The van der Waals surface area contributed by atoms with Gasteiger partial charge in [-0.05, 0) is 6.92 Å². The minimum atomic E-state index is -0.405. The second kappa shape index (κ2) is 2.73. The third-order valence-electron chi connectivity index (χ3n) is 1.23. The fourth-order valence-electron chi connectivity index (χ4n) is 0.827. The van der Waals surface area contributed by atoms with Crippen molar-refractivity contribution in [2.24, 2.45) is 0 Å². The molecule has 0 spiro atoms. The molecule has 3 nitrogen and oxygen atoms in total. The van der Waals surface area contributed by atoms with Crippen LogP contribution in [-0.4, -0.2) is 18.7 Å². The molecule has 1 unspecified atom stereocenters. The standard InChI is InChI=1S/C7H10O3/c1-5(2)10-6-3-4-9-7(6)8/h6H,1,3-4H2,2H3. The molecule has 0 aliphatic carbocycles. The van der Waals surface area contributed by atoms with E-state index >= 15 is 0 Å². The maximum atomic E-state index is 10.7. The Kier molecular flexibility index (Phi) is 1.94. The van der Waals surface area contributed by atoms with E-state index in [1.807, 2.05) is 0 Å². The number of carbonyl (C=O) groups excluding carboxylic acids is 1. The Hall–Kier alpha value is -0.990. The Bertz CT molecular complexity index is 162. The van der Waals surface area contributed by atoms with Gasteiger partial charge in [0.1, 0.15) is 0 Å². The van der Waals surface area contributed by atoms with E-state index in [0.29, 0.717) is 18.8 Å². The van der Waals surface area contributed by atoms with Crippen LogP contribution in [0.4, 0.5) is 0 Å². The van der Waals surface area contributed by atoms with Crippen molar-refractivity contribution < 1.29 is 14.3 Å². The van der Waals surface area contributed by atoms with Gasteiger partial charge >= 0.3 is 5.97 Å². The summed E-state index contributed by atoms with van der Waals surface area (Å²) in [5.74, 6) is 0.284. The van der Waals surface area contributed by atoms with E-state index in [0.717, 1.165) is 0 Å². The molecule has 1 fully saturated rings. The molecule has 1 aliphatic rings. The largest absolute Gasteiger partial charge is 0.484 e. The van der Waals surface area contributed by atoms with Crippen LogP contribution in [0.25, 0.3) is 0 Å². The summed E-state index contributed by atoms with van der Waals surface area (Å²) < 4.78 is 9.72. The van der Waals surface area contributed by atoms with E-state index in [2.05, 4.69) is 11.3 Å². The molecule has 1 rings (SSSR count). The maximum Gasteiger partial charge on any atom is 0.347 e. The number of rotatable bonds is 2. The summed E-state index contributed by atoms with van der Waals surface area (Å²) in [4.78, 5) is 10.7. The molecule has 56 valence electrons. The number of carbonyl (C=O) groups is 1. The lowest BCUT2D eigenvalue weighted by Crippen LogP contribution is -2.16. The second-order valence-corrected chi connectivity index (χ2v) is 2.26. The smallest absolute Gasteiger partial charge is 0.347 e. The molecule has 0 aromatic rings. The summed E-state index contributed by atoms with van der Waals surface area (Å²) in [7, 11) is 0. The van der Waals surface area contributed by atoms with Gasteiger partial charge in [0.25, 0.3) is 0 Å². The lowest BCUT2D eigenvalue weighted by Gasteiger charge is -2.07. The van der Waals surface area contributed by atoms with E-state index in [-0.39, 0.29) is 5.97 Å². The minimum absolute atomic E-state index is 0.275. The molecule has 1 aliphatic heterocycles. The molecule has 1 atom stereocenters. The summed E-state index contributed by atoms with van der Waals surface area (Å²) in [5, 5.41) is 0. The quantitative estimate of drug-likeness (QED) is 0.423. The van der Waals surface area contributed by atoms with Crippen LogP contribution >= 0.6 is 0 Å². The fraction of sp³-hybridized carbons (Fsp3) is 0.571. The van der Waals surface area contributed by atoms with Gasteiger partial charge in [-0.15, -0.1) is 0 Å². The minimum Gasteiger partial charge on any atom is -0.484 e. The average molecular weight is 142 g/mol. The van der Waals surface area contributed by atoms with E-state index in [1.54, 1.807) is 6.92 Å². The molecule has 0 amide bonds. The summed E-state index contributed by atoms with van der Waals surface area (Å²) >= 11 is 0. The summed E-state index contributed by atoms with van der Waals surface area (Å²) in [5.41, 5.74) is 0. The zero-order valence-electron chi connectivity index (χ0n) is 5.92. The first-order valence-electron chi connectivity index (χ1n) is 3.19. The molecule has 1 heterocycles. The Morgan fingerprint density at radius 3 is 3.00 bits per heavy atom. The fourth-order valence-corrected chi connectivity index (χ4v) is 0.827. The van der Waals surface area contributed by atoms with Gasteiger partial charge in [-0.25, -0.2) is 4.79 Å². The van der Waals surface area contributed by atoms with Gasteiger partial charge < -0.3 is 9.47 Å². The van der Waals surface area contributed by atoms with Crippen molar-refractivity contribution >= 4 is 5.97 Å². The van der Waals surface area contributed by atoms with Crippen LogP contribution < -0.4 is 0 Å². The van der Waals surface area contributed by atoms with Crippen molar-refractivity contribution in [1.29, 1.82) is 0 Å². The van der Waals surface area contributed by atoms with E-state index in [1.165, 1.54) is 0 Å². The Balaban J connectivity index is 2.40. The maximum absolute atomic E-state index is 10.7. The average Bonchev–Trinajstić information content (AvgIpc) is 2.15. The van der Waals surface area contributed by atoms with Crippen LogP contribution in [-0.2, 0) is 14.3 Å². The number of ether oxygens (including phenoxy) is 2. The Morgan fingerprint density at radius 2 is 2.60 bits per heavy atom. The van der Waals surface area contributed by atoms with E-state index < -0.39 is 6.10 Å². The van der Waals surface area contributed by atoms with Gasteiger partial charge in [-0.1, -0.05) is 6.58 Å². The van der Waals surface area contributed by atoms with Crippen molar-refractivity contribution in [3.63, 3.8) is 0 Å². The van der Waals surface area contributed by atoms with Crippen LogP contribution in [0.5, 0.6) is 0 Å². The molecule has 0 aromatic carbocycles. The molecular weight excluding hydrogens is 132 g/mol. The number of hydrogen-bond donors (Lipinski definition) is 0. The molecule has 0 N–H and O–H groups in total. The number of esters is 1. The summed E-state index contributed by atoms with van der Waals surface area (Å²) in [6, 6.07) is 0. The lowest BCUT2D eigenvalue weighted by atomic mass is 10.3. The highest BCUT2D eigenvalue weighted by molar-refractivity contribution is 5.76. The van der Waals surface area contributed by atoms with E-state index in [9.17, 15) is 4.79 Å². The van der Waals surface area contributed by atoms with Crippen molar-refractivity contribution in [2.45, 2.75) is 19.4 Å². The molecule has 0 saturated carbocycles.